The number of carbonyl (C=O) groups excluding carboxylic acids is 1. The van der Waals surface area contributed by atoms with Crippen LogP contribution >= 0.6 is 11.8 Å². The Morgan fingerprint density at radius 2 is 1.83 bits per heavy atom. The van der Waals surface area contributed by atoms with Gasteiger partial charge in [0.15, 0.2) is 16.8 Å². The summed E-state index contributed by atoms with van der Waals surface area (Å²) in [6.45, 7) is 5.98. The molecule has 1 N–H and O–H groups in total. The minimum absolute atomic E-state index is 0.0534. The zero-order valence-electron chi connectivity index (χ0n) is 17.4. The third-order valence-electron chi connectivity index (χ3n) is 5.02. The van der Waals surface area contributed by atoms with Crippen molar-refractivity contribution >= 4 is 17.5 Å². The highest BCUT2D eigenvalue weighted by atomic mass is 32.2. The second-order valence-corrected chi connectivity index (χ2v) is 8.42. The molecule has 1 heterocycles. The van der Waals surface area contributed by atoms with Gasteiger partial charge >= 0.3 is 0 Å². The van der Waals surface area contributed by atoms with Crippen LogP contribution in [0.2, 0.25) is 0 Å². The molecular formula is C22H26FN4OS+. The van der Waals surface area contributed by atoms with Crippen LogP contribution in [0.4, 0.5) is 4.39 Å². The van der Waals surface area contributed by atoms with Crippen molar-refractivity contribution in [3.05, 3.63) is 70.8 Å². The van der Waals surface area contributed by atoms with Gasteiger partial charge in [-0.05, 0) is 56.7 Å². The number of Topliss-reactive ketones (excluding diaryl/α,β-unsaturated/α-hetero) is 1. The van der Waals surface area contributed by atoms with Gasteiger partial charge in [-0.25, -0.2) is 4.39 Å². The smallest absolute Gasteiger partial charge is 0.196 e. The van der Waals surface area contributed by atoms with E-state index in [9.17, 15) is 9.18 Å². The zero-order valence-corrected chi connectivity index (χ0v) is 18.2. The predicted molar refractivity (Wildman–Crippen MR) is 114 cm³/mol. The summed E-state index contributed by atoms with van der Waals surface area (Å²) < 4.78 is 15.3. The Hall–Kier alpha value is -2.51. The van der Waals surface area contributed by atoms with Gasteiger partial charge in [-0.2, -0.15) is 0 Å². The van der Waals surface area contributed by atoms with E-state index in [0.717, 1.165) is 28.2 Å². The molecule has 0 saturated carbocycles. The van der Waals surface area contributed by atoms with E-state index in [-0.39, 0.29) is 23.4 Å². The van der Waals surface area contributed by atoms with Crippen LogP contribution in [0.1, 0.15) is 40.3 Å². The van der Waals surface area contributed by atoms with E-state index in [1.165, 1.54) is 28.8 Å². The van der Waals surface area contributed by atoms with E-state index < -0.39 is 0 Å². The SMILES string of the molecule is Cc1ccc(C)c(C(=O)CSc2nnc([C@H](C)[NH+](C)C)n2-c2ccc(F)cc2)c1. The second kappa shape index (κ2) is 8.88. The Bertz CT molecular complexity index is 1010. The number of nitrogens with one attached hydrogen (secondary N) is 1. The molecule has 7 heteroatoms. The Morgan fingerprint density at radius 3 is 2.48 bits per heavy atom. The molecule has 0 saturated heterocycles. The third-order valence-corrected chi connectivity index (χ3v) is 5.95. The van der Waals surface area contributed by atoms with Gasteiger partial charge in [0, 0.05) is 11.3 Å². The number of aromatic nitrogens is 3. The molecular weight excluding hydrogens is 387 g/mol. The first-order chi connectivity index (χ1) is 13.8. The van der Waals surface area contributed by atoms with Crippen LogP contribution in [0.3, 0.4) is 0 Å². The van der Waals surface area contributed by atoms with Crippen molar-refractivity contribution in [1.29, 1.82) is 0 Å². The Morgan fingerprint density at radius 1 is 1.14 bits per heavy atom. The van der Waals surface area contributed by atoms with Crippen molar-refractivity contribution in [1.82, 2.24) is 14.8 Å². The molecule has 1 aromatic heterocycles. The molecule has 0 aliphatic carbocycles. The number of aryl methyl sites for hydroxylation is 2. The first kappa shape index (κ1) is 21.2. The Balaban J connectivity index is 1.92. The van der Waals surface area contributed by atoms with Crippen LogP contribution in [0, 0.1) is 19.7 Å². The first-order valence-electron chi connectivity index (χ1n) is 9.52. The molecule has 0 spiro atoms. The molecule has 0 fully saturated rings. The molecule has 0 radical (unpaired) electrons. The lowest BCUT2D eigenvalue weighted by atomic mass is 10.0. The average Bonchev–Trinajstić information content (AvgIpc) is 3.11. The molecule has 3 rings (SSSR count). The maximum Gasteiger partial charge on any atom is 0.196 e. The van der Waals surface area contributed by atoms with Gasteiger partial charge < -0.3 is 4.90 Å². The van der Waals surface area contributed by atoms with Gasteiger partial charge in [-0.15, -0.1) is 10.2 Å². The number of carbonyl (C=O) groups is 1. The minimum Gasteiger partial charge on any atom is -0.331 e. The molecule has 29 heavy (non-hydrogen) atoms. The molecule has 2 aromatic carbocycles. The number of halogens is 1. The van der Waals surface area contributed by atoms with E-state index in [2.05, 4.69) is 17.1 Å². The van der Waals surface area contributed by atoms with E-state index in [1.54, 1.807) is 12.1 Å². The van der Waals surface area contributed by atoms with Crippen LogP contribution in [-0.2, 0) is 0 Å². The van der Waals surface area contributed by atoms with Crippen LogP contribution in [0.15, 0.2) is 47.6 Å². The van der Waals surface area contributed by atoms with Crippen LogP contribution in [0.5, 0.6) is 0 Å². The number of hydrogen-bond donors (Lipinski definition) is 1. The summed E-state index contributed by atoms with van der Waals surface area (Å²) >= 11 is 1.35. The summed E-state index contributed by atoms with van der Waals surface area (Å²) in [5.74, 6) is 0.789. The van der Waals surface area contributed by atoms with Gasteiger partial charge in [0.05, 0.1) is 19.8 Å². The predicted octanol–water partition coefficient (Wildman–Crippen LogP) is 3.20. The maximum absolute atomic E-state index is 13.4. The number of nitrogens with zero attached hydrogens (tertiary/aromatic N) is 3. The summed E-state index contributed by atoms with van der Waals surface area (Å²) in [5.41, 5.74) is 3.54. The van der Waals surface area contributed by atoms with Crippen LogP contribution in [0.25, 0.3) is 5.69 Å². The molecule has 3 aromatic rings. The Labute approximate surface area is 175 Å². The summed E-state index contributed by atoms with van der Waals surface area (Å²) in [4.78, 5) is 14.0. The zero-order chi connectivity index (χ0) is 21.1. The van der Waals surface area contributed by atoms with Gasteiger partial charge in [-0.3, -0.25) is 9.36 Å². The van der Waals surface area contributed by atoms with Crippen molar-refractivity contribution in [3.8, 4) is 5.69 Å². The fourth-order valence-electron chi connectivity index (χ4n) is 2.99. The van der Waals surface area contributed by atoms with Gasteiger partial charge in [0.1, 0.15) is 11.9 Å². The lowest BCUT2D eigenvalue weighted by molar-refractivity contribution is -0.890. The monoisotopic (exact) mass is 413 g/mol. The van der Waals surface area contributed by atoms with E-state index in [4.69, 9.17) is 0 Å². The highest BCUT2D eigenvalue weighted by Crippen LogP contribution is 2.26. The third kappa shape index (κ3) is 4.74. The molecule has 0 aliphatic rings. The summed E-state index contributed by atoms with van der Waals surface area (Å²) in [6, 6.07) is 12.2. The standard InChI is InChI=1S/C22H25FN4OS/c1-14-6-7-15(2)19(12-14)20(28)13-29-22-25-24-21(16(3)26(4)5)27(22)18-10-8-17(23)9-11-18/h6-12,16H,13H2,1-5H3/p+1/t16-/m0/s1. The summed E-state index contributed by atoms with van der Waals surface area (Å²) in [5, 5.41) is 9.35. The number of thioether (sulfide) groups is 1. The highest BCUT2D eigenvalue weighted by molar-refractivity contribution is 7.99. The number of ketones is 1. The molecule has 152 valence electrons. The largest absolute Gasteiger partial charge is 0.331 e. The fraction of sp³-hybridized carbons (Fsp3) is 0.318. The average molecular weight is 414 g/mol. The topological polar surface area (TPSA) is 52.2 Å². The summed E-state index contributed by atoms with van der Waals surface area (Å²) in [6.07, 6.45) is 0. The molecule has 5 nitrogen and oxygen atoms in total. The fourth-order valence-corrected chi connectivity index (χ4v) is 3.83. The Kier molecular flexibility index (Phi) is 6.49. The molecule has 0 aliphatic heterocycles. The maximum atomic E-state index is 13.4. The first-order valence-corrected chi connectivity index (χ1v) is 10.5. The van der Waals surface area contributed by atoms with Gasteiger partial charge in [0.25, 0.3) is 0 Å². The van der Waals surface area contributed by atoms with Crippen LogP contribution < -0.4 is 4.90 Å². The second-order valence-electron chi connectivity index (χ2n) is 7.48. The quantitative estimate of drug-likeness (QED) is 0.477. The van der Waals surface area contributed by atoms with E-state index in [1.807, 2.05) is 50.7 Å². The van der Waals surface area contributed by atoms with Gasteiger partial charge in [-0.1, -0.05) is 29.5 Å². The van der Waals surface area contributed by atoms with Crippen LogP contribution in [-0.4, -0.2) is 40.4 Å². The van der Waals surface area contributed by atoms with Crippen molar-refractivity contribution in [2.24, 2.45) is 0 Å². The van der Waals surface area contributed by atoms with Crippen molar-refractivity contribution in [2.75, 3.05) is 19.8 Å². The number of rotatable bonds is 7. The lowest BCUT2D eigenvalue weighted by Crippen LogP contribution is -3.05. The van der Waals surface area contributed by atoms with E-state index in [0.29, 0.717) is 5.16 Å². The minimum atomic E-state index is -0.297. The lowest BCUT2D eigenvalue weighted by Gasteiger charge is -2.18. The normalized spacial score (nSPS) is 12.4. The number of hydrogen-bond acceptors (Lipinski definition) is 4. The summed E-state index contributed by atoms with van der Waals surface area (Å²) in [7, 11) is 4.09. The molecule has 0 amide bonds. The molecule has 0 bridgehead atoms. The van der Waals surface area contributed by atoms with Gasteiger partial charge in [0.2, 0.25) is 0 Å². The van der Waals surface area contributed by atoms with Crippen molar-refractivity contribution in [3.63, 3.8) is 0 Å². The van der Waals surface area contributed by atoms with Crippen molar-refractivity contribution < 1.29 is 14.1 Å². The molecule has 1 atom stereocenters. The molecule has 0 unspecified atom stereocenters. The highest BCUT2D eigenvalue weighted by Gasteiger charge is 2.24. The van der Waals surface area contributed by atoms with Crippen molar-refractivity contribution in [2.45, 2.75) is 32.0 Å². The number of benzene rings is 2. The number of quaternary nitrogens is 1. The van der Waals surface area contributed by atoms with E-state index >= 15 is 0 Å².